The largest absolute Gasteiger partial charge is 0.307 e. The third-order valence-electron chi connectivity index (χ3n) is 1.61. The first-order chi connectivity index (χ1) is 5.40. The van der Waals surface area contributed by atoms with Crippen LogP contribution in [-0.4, -0.2) is 15.6 Å². The molecule has 2 rings (SSSR count). The third-order valence-corrected chi connectivity index (χ3v) is 2.33. The van der Waals surface area contributed by atoms with Gasteiger partial charge in [0.15, 0.2) is 0 Å². The number of fused-ring (bicyclic) bond motifs is 1. The lowest BCUT2D eigenvalue weighted by Gasteiger charge is -1.95. The molecule has 0 saturated carbocycles. The summed E-state index contributed by atoms with van der Waals surface area (Å²) in [5.74, 6) is 0. The maximum Gasteiger partial charge on any atom is 0.137 e. The van der Waals surface area contributed by atoms with E-state index in [-0.39, 0.29) is 0 Å². The van der Waals surface area contributed by atoms with E-state index in [0.29, 0.717) is 0 Å². The molecular weight excluding hydrogens is 156 g/mol. The zero-order valence-corrected chi connectivity index (χ0v) is 7.01. The van der Waals surface area contributed by atoms with E-state index in [2.05, 4.69) is 23.4 Å². The summed E-state index contributed by atoms with van der Waals surface area (Å²) >= 11 is 1.73. The van der Waals surface area contributed by atoms with Crippen LogP contribution in [0, 0.1) is 0 Å². The Balaban J connectivity index is 2.67. The molecule has 11 heavy (non-hydrogen) atoms. The molecule has 0 bridgehead atoms. The predicted molar refractivity (Wildman–Crippen MR) is 47.0 cm³/mol. The van der Waals surface area contributed by atoms with E-state index >= 15 is 0 Å². The fraction of sp³-hybridized carbons (Fsp3) is 0.125. The van der Waals surface area contributed by atoms with Crippen molar-refractivity contribution >= 4 is 17.4 Å². The summed E-state index contributed by atoms with van der Waals surface area (Å²) in [7, 11) is 0. The number of hydrogen-bond donors (Lipinski definition) is 0. The number of imidazole rings is 1. The Morgan fingerprint density at radius 1 is 1.45 bits per heavy atom. The molecular formula is C8H8N2S. The maximum atomic E-state index is 4.18. The molecule has 56 valence electrons. The summed E-state index contributed by atoms with van der Waals surface area (Å²) in [6, 6.07) is 4.16. The second-order valence-corrected chi connectivity index (χ2v) is 3.14. The highest BCUT2D eigenvalue weighted by atomic mass is 32.2. The standard InChI is InChI=1S/C8H8N2S/c1-11-7-2-4-10-5-3-9-8(10)6-7/h2-6H,1H3. The molecule has 2 aromatic rings. The lowest BCUT2D eigenvalue weighted by molar-refractivity contribution is 1.16. The second-order valence-electron chi connectivity index (χ2n) is 2.26. The minimum absolute atomic E-state index is 1.01. The molecule has 0 radical (unpaired) electrons. The molecule has 2 aromatic heterocycles. The smallest absolute Gasteiger partial charge is 0.137 e. The fourth-order valence-electron chi connectivity index (χ4n) is 1.02. The number of rotatable bonds is 1. The zero-order valence-electron chi connectivity index (χ0n) is 6.19. The highest BCUT2D eigenvalue weighted by molar-refractivity contribution is 7.98. The summed E-state index contributed by atoms with van der Waals surface area (Å²) in [5.41, 5.74) is 1.01. The van der Waals surface area contributed by atoms with Crippen molar-refractivity contribution in [3.05, 3.63) is 30.7 Å². The van der Waals surface area contributed by atoms with Gasteiger partial charge in [-0.15, -0.1) is 11.8 Å². The van der Waals surface area contributed by atoms with Gasteiger partial charge >= 0.3 is 0 Å². The van der Waals surface area contributed by atoms with E-state index in [1.54, 1.807) is 18.0 Å². The van der Waals surface area contributed by atoms with Crippen LogP contribution in [0.25, 0.3) is 5.65 Å². The molecule has 3 heteroatoms. The van der Waals surface area contributed by atoms with Crippen LogP contribution in [0.2, 0.25) is 0 Å². The van der Waals surface area contributed by atoms with Crippen LogP contribution in [-0.2, 0) is 0 Å². The van der Waals surface area contributed by atoms with Crippen LogP contribution in [0.5, 0.6) is 0 Å². The summed E-state index contributed by atoms with van der Waals surface area (Å²) in [4.78, 5) is 5.43. The molecule has 0 aliphatic rings. The van der Waals surface area contributed by atoms with Gasteiger partial charge in [-0.3, -0.25) is 0 Å². The first-order valence-corrected chi connectivity index (χ1v) is 4.59. The molecule has 0 spiro atoms. The van der Waals surface area contributed by atoms with Gasteiger partial charge in [0.25, 0.3) is 0 Å². The fourth-order valence-corrected chi connectivity index (χ4v) is 1.44. The highest BCUT2D eigenvalue weighted by Crippen LogP contribution is 2.15. The third kappa shape index (κ3) is 1.12. The first kappa shape index (κ1) is 6.73. The van der Waals surface area contributed by atoms with E-state index in [9.17, 15) is 0 Å². The minimum atomic E-state index is 1.01. The van der Waals surface area contributed by atoms with E-state index < -0.39 is 0 Å². The normalized spacial score (nSPS) is 10.6. The molecule has 0 aliphatic heterocycles. The van der Waals surface area contributed by atoms with Crippen molar-refractivity contribution in [3.63, 3.8) is 0 Å². The van der Waals surface area contributed by atoms with Gasteiger partial charge in [-0.2, -0.15) is 0 Å². The molecule has 0 saturated heterocycles. The van der Waals surface area contributed by atoms with Crippen molar-refractivity contribution in [3.8, 4) is 0 Å². The quantitative estimate of drug-likeness (QED) is 0.600. The lowest BCUT2D eigenvalue weighted by Crippen LogP contribution is -1.81. The Morgan fingerprint density at radius 3 is 3.18 bits per heavy atom. The molecule has 0 aromatic carbocycles. The number of nitrogens with zero attached hydrogens (tertiary/aromatic N) is 2. The number of thioether (sulfide) groups is 1. The van der Waals surface area contributed by atoms with E-state index in [0.717, 1.165) is 5.65 Å². The van der Waals surface area contributed by atoms with Crippen LogP contribution in [0.4, 0.5) is 0 Å². The van der Waals surface area contributed by atoms with E-state index in [1.807, 2.05) is 16.8 Å². The van der Waals surface area contributed by atoms with Crippen LogP contribution >= 0.6 is 11.8 Å². The number of aromatic nitrogens is 2. The van der Waals surface area contributed by atoms with Crippen molar-refractivity contribution in [1.82, 2.24) is 9.38 Å². The molecule has 2 nitrogen and oxygen atoms in total. The molecule has 0 amide bonds. The van der Waals surface area contributed by atoms with Gasteiger partial charge in [-0.1, -0.05) is 0 Å². The van der Waals surface area contributed by atoms with Crippen LogP contribution in [0.1, 0.15) is 0 Å². The van der Waals surface area contributed by atoms with Crippen molar-refractivity contribution < 1.29 is 0 Å². The average molecular weight is 164 g/mol. The highest BCUT2D eigenvalue weighted by Gasteiger charge is 1.93. The van der Waals surface area contributed by atoms with Gasteiger partial charge in [0.2, 0.25) is 0 Å². The number of hydrogen-bond acceptors (Lipinski definition) is 2. The van der Waals surface area contributed by atoms with Crippen LogP contribution in [0.15, 0.2) is 35.6 Å². The van der Waals surface area contributed by atoms with Gasteiger partial charge in [-0.25, -0.2) is 4.98 Å². The van der Waals surface area contributed by atoms with Crippen molar-refractivity contribution in [1.29, 1.82) is 0 Å². The molecule has 0 aliphatic carbocycles. The summed E-state index contributed by atoms with van der Waals surface area (Å²) < 4.78 is 2.00. The topological polar surface area (TPSA) is 17.3 Å². The zero-order chi connectivity index (χ0) is 7.68. The van der Waals surface area contributed by atoms with Crippen molar-refractivity contribution in [2.75, 3.05) is 6.26 Å². The van der Waals surface area contributed by atoms with Gasteiger partial charge in [-0.05, 0) is 18.4 Å². The van der Waals surface area contributed by atoms with Crippen LogP contribution < -0.4 is 0 Å². The van der Waals surface area contributed by atoms with Gasteiger partial charge in [0.05, 0.1) is 0 Å². The molecule has 2 heterocycles. The molecule has 0 unspecified atom stereocenters. The molecule has 0 fully saturated rings. The SMILES string of the molecule is CSc1ccn2ccnc2c1. The maximum absolute atomic E-state index is 4.18. The lowest BCUT2D eigenvalue weighted by atomic mass is 10.5. The second kappa shape index (κ2) is 2.58. The Hall–Kier alpha value is -0.960. The Kier molecular flexibility index (Phi) is 1.58. The number of pyridine rings is 1. The molecule has 0 atom stereocenters. The van der Waals surface area contributed by atoms with Crippen molar-refractivity contribution in [2.45, 2.75) is 4.90 Å². The van der Waals surface area contributed by atoms with Gasteiger partial charge < -0.3 is 4.40 Å². The predicted octanol–water partition coefficient (Wildman–Crippen LogP) is 2.06. The Labute approximate surface area is 69.3 Å². The average Bonchev–Trinajstić information content (AvgIpc) is 2.50. The first-order valence-electron chi connectivity index (χ1n) is 3.37. The van der Waals surface area contributed by atoms with E-state index in [1.165, 1.54) is 4.90 Å². The van der Waals surface area contributed by atoms with Crippen LogP contribution in [0.3, 0.4) is 0 Å². The summed E-state index contributed by atoms with van der Waals surface area (Å²) in [6.07, 6.45) is 7.84. The van der Waals surface area contributed by atoms with Crippen molar-refractivity contribution in [2.24, 2.45) is 0 Å². The Bertz CT molecular complexity index is 367. The molecule has 0 N–H and O–H groups in total. The minimum Gasteiger partial charge on any atom is -0.307 e. The van der Waals surface area contributed by atoms with E-state index in [4.69, 9.17) is 0 Å². The van der Waals surface area contributed by atoms with Gasteiger partial charge in [0.1, 0.15) is 5.65 Å². The Morgan fingerprint density at radius 2 is 2.36 bits per heavy atom. The van der Waals surface area contributed by atoms with Gasteiger partial charge in [0, 0.05) is 23.5 Å². The summed E-state index contributed by atoms with van der Waals surface area (Å²) in [6.45, 7) is 0. The summed E-state index contributed by atoms with van der Waals surface area (Å²) in [5, 5.41) is 0. The monoisotopic (exact) mass is 164 g/mol.